The molecule has 0 aliphatic carbocycles. The van der Waals surface area contributed by atoms with Gasteiger partial charge >= 0.3 is 0 Å². The summed E-state index contributed by atoms with van der Waals surface area (Å²) in [6.07, 6.45) is 1.76. The van der Waals surface area contributed by atoms with Crippen LogP contribution in [-0.2, 0) is 0 Å². The molecule has 2 nitrogen and oxygen atoms in total. The minimum absolute atomic E-state index is 0.103. The van der Waals surface area contributed by atoms with Crippen molar-refractivity contribution < 1.29 is 0 Å². The maximum Gasteiger partial charge on any atom is 0.195 e. The van der Waals surface area contributed by atoms with Crippen LogP contribution in [0.2, 0.25) is 0 Å². The Morgan fingerprint density at radius 2 is 2.14 bits per heavy atom. The van der Waals surface area contributed by atoms with E-state index in [9.17, 15) is 0 Å². The lowest BCUT2D eigenvalue weighted by atomic mass is 10.4. The third-order valence-corrected chi connectivity index (χ3v) is 1.01. The molecule has 0 aliphatic heterocycles. The van der Waals surface area contributed by atoms with Crippen molar-refractivity contribution in [1.82, 2.24) is 4.42 Å². The SMILES string of the molecule is CC(C)N(Cl)C#N. The van der Waals surface area contributed by atoms with Crippen LogP contribution in [0.4, 0.5) is 0 Å². The van der Waals surface area contributed by atoms with Gasteiger partial charge in [-0.15, -0.1) is 0 Å². The minimum Gasteiger partial charge on any atom is -0.219 e. The number of rotatable bonds is 1. The van der Waals surface area contributed by atoms with E-state index < -0.39 is 0 Å². The first kappa shape index (κ1) is 6.58. The second-order valence-electron chi connectivity index (χ2n) is 1.50. The maximum atomic E-state index is 8.05. The van der Waals surface area contributed by atoms with Gasteiger partial charge in [0.05, 0.1) is 6.04 Å². The van der Waals surface area contributed by atoms with E-state index in [2.05, 4.69) is 0 Å². The zero-order chi connectivity index (χ0) is 5.86. The molecule has 0 atom stereocenters. The number of nitrogens with zero attached hydrogens (tertiary/aromatic N) is 2. The molecule has 0 spiro atoms. The molecule has 7 heavy (non-hydrogen) atoms. The van der Waals surface area contributed by atoms with Crippen molar-refractivity contribution in [2.24, 2.45) is 0 Å². The Kier molecular flexibility index (Phi) is 2.54. The Morgan fingerprint density at radius 1 is 1.71 bits per heavy atom. The Morgan fingerprint density at radius 3 is 2.14 bits per heavy atom. The third kappa shape index (κ3) is 2.30. The molecule has 0 heterocycles. The predicted octanol–water partition coefficient (Wildman–Crippen LogP) is 1.33. The molecule has 0 amide bonds. The molecule has 0 saturated heterocycles. The summed E-state index contributed by atoms with van der Waals surface area (Å²) in [5.74, 6) is 0. The number of halogens is 1. The lowest BCUT2D eigenvalue weighted by Gasteiger charge is -2.06. The van der Waals surface area contributed by atoms with Gasteiger partial charge in [-0.25, -0.2) is 4.42 Å². The molecule has 0 bridgehead atoms. The highest BCUT2D eigenvalue weighted by molar-refractivity contribution is 6.14. The van der Waals surface area contributed by atoms with Crippen molar-refractivity contribution in [3.63, 3.8) is 0 Å². The van der Waals surface area contributed by atoms with Crippen molar-refractivity contribution in [3.05, 3.63) is 0 Å². The Hall–Kier alpha value is -0.420. The molecule has 0 saturated carbocycles. The largest absolute Gasteiger partial charge is 0.219 e. The van der Waals surface area contributed by atoms with E-state index in [4.69, 9.17) is 17.0 Å². The molecule has 0 radical (unpaired) electrons. The summed E-state index contributed by atoms with van der Waals surface area (Å²) in [5, 5.41) is 8.05. The van der Waals surface area contributed by atoms with E-state index in [1.54, 1.807) is 6.19 Å². The van der Waals surface area contributed by atoms with E-state index in [-0.39, 0.29) is 6.04 Å². The molecule has 0 aromatic carbocycles. The zero-order valence-electron chi connectivity index (χ0n) is 4.35. The predicted molar refractivity (Wildman–Crippen MR) is 28.4 cm³/mol. The van der Waals surface area contributed by atoms with E-state index in [1.807, 2.05) is 13.8 Å². The first-order valence-corrected chi connectivity index (χ1v) is 2.37. The van der Waals surface area contributed by atoms with Crippen LogP contribution >= 0.6 is 11.8 Å². The minimum atomic E-state index is 0.103. The summed E-state index contributed by atoms with van der Waals surface area (Å²) in [6.45, 7) is 3.69. The molecule has 0 fully saturated rings. The van der Waals surface area contributed by atoms with Crippen molar-refractivity contribution in [2.45, 2.75) is 19.9 Å². The molecule has 3 heteroatoms. The summed E-state index contributed by atoms with van der Waals surface area (Å²) >= 11 is 5.27. The fourth-order valence-electron chi connectivity index (χ4n) is 0.115. The van der Waals surface area contributed by atoms with Crippen molar-refractivity contribution >= 4 is 11.8 Å². The van der Waals surface area contributed by atoms with Gasteiger partial charge < -0.3 is 0 Å². The van der Waals surface area contributed by atoms with Gasteiger partial charge in [-0.2, -0.15) is 5.26 Å². The van der Waals surface area contributed by atoms with Gasteiger partial charge in [0, 0.05) is 11.8 Å². The first-order chi connectivity index (χ1) is 3.18. The Labute approximate surface area is 48.4 Å². The third-order valence-electron chi connectivity index (χ3n) is 0.549. The van der Waals surface area contributed by atoms with E-state index >= 15 is 0 Å². The maximum absolute atomic E-state index is 8.05. The summed E-state index contributed by atoms with van der Waals surface area (Å²) in [5.41, 5.74) is 0. The number of hydrogen-bond acceptors (Lipinski definition) is 2. The number of hydrogen-bond donors (Lipinski definition) is 0. The highest BCUT2D eigenvalue weighted by atomic mass is 35.5. The molecule has 0 N–H and O–H groups in total. The highest BCUT2D eigenvalue weighted by Crippen LogP contribution is 1.97. The summed E-state index contributed by atoms with van der Waals surface area (Å²) in [6, 6.07) is 0.103. The monoisotopic (exact) mass is 118 g/mol. The van der Waals surface area contributed by atoms with Gasteiger partial charge in [0.2, 0.25) is 0 Å². The van der Waals surface area contributed by atoms with Crippen molar-refractivity contribution in [3.8, 4) is 6.19 Å². The van der Waals surface area contributed by atoms with Gasteiger partial charge in [-0.1, -0.05) is 0 Å². The van der Waals surface area contributed by atoms with Crippen LogP contribution in [-0.4, -0.2) is 10.5 Å². The fraction of sp³-hybridized carbons (Fsp3) is 0.750. The van der Waals surface area contributed by atoms with Gasteiger partial charge in [-0.05, 0) is 13.8 Å². The molecule has 0 aliphatic rings. The highest BCUT2D eigenvalue weighted by Gasteiger charge is 1.98. The first-order valence-electron chi connectivity index (χ1n) is 2.03. The van der Waals surface area contributed by atoms with E-state index in [0.717, 1.165) is 4.42 Å². The van der Waals surface area contributed by atoms with Crippen LogP contribution in [0.25, 0.3) is 0 Å². The lowest BCUT2D eigenvalue weighted by Crippen LogP contribution is -2.13. The molecule has 0 rings (SSSR count). The Balaban J connectivity index is 3.40. The topological polar surface area (TPSA) is 27.0 Å². The van der Waals surface area contributed by atoms with Crippen LogP contribution in [0.5, 0.6) is 0 Å². The van der Waals surface area contributed by atoms with Crippen LogP contribution in [0.3, 0.4) is 0 Å². The van der Waals surface area contributed by atoms with Gasteiger partial charge in [0.25, 0.3) is 0 Å². The molecule has 0 unspecified atom stereocenters. The summed E-state index contributed by atoms with van der Waals surface area (Å²) < 4.78 is 1.07. The van der Waals surface area contributed by atoms with Gasteiger partial charge in [0.15, 0.2) is 6.19 Å². The number of nitriles is 1. The molecular formula is C4H7ClN2. The molecular weight excluding hydrogens is 112 g/mol. The summed E-state index contributed by atoms with van der Waals surface area (Å²) in [7, 11) is 0. The van der Waals surface area contributed by atoms with Crippen molar-refractivity contribution in [2.75, 3.05) is 0 Å². The quantitative estimate of drug-likeness (QED) is 0.295. The molecule has 40 valence electrons. The standard InChI is InChI=1S/C4H7ClN2/c1-4(2)7(5)3-6/h4H,1-2H3. The fourth-order valence-corrected chi connectivity index (χ4v) is 0.115. The zero-order valence-corrected chi connectivity index (χ0v) is 5.11. The smallest absolute Gasteiger partial charge is 0.195 e. The van der Waals surface area contributed by atoms with Crippen LogP contribution in [0, 0.1) is 11.5 Å². The normalized spacial score (nSPS) is 8.43. The van der Waals surface area contributed by atoms with Gasteiger partial charge in [-0.3, -0.25) is 0 Å². The van der Waals surface area contributed by atoms with Crippen LogP contribution in [0.15, 0.2) is 0 Å². The second kappa shape index (κ2) is 2.70. The second-order valence-corrected chi connectivity index (χ2v) is 1.87. The Bertz CT molecular complexity index is 84.2. The van der Waals surface area contributed by atoms with Crippen LogP contribution < -0.4 is 0 Å². The lowest BCUT2D eigenvalue weighted by molar-refractivity contribution is 0.510. The average Bonchev–Trinajstić information content (AvgIpc) is 1.65. The van der Waals surface area contributed by atoms with Crippen LogP contribution in [0.1, 0.15) is 13.8 Å². The van der Waals surface area contributed by atoms with E-state index in [0.29, 0.717) is 0 Å². The average molecular weight is 119 g/mol. The summed E-state index contributed by atoms with van der Waals surface area (Å²) in [4.78, 5) is 0. The molecule has 0 aromatic heterocycles. The van der Waals surface area contributed by atoms with E-state index in [1.165, 1.54) is 0 Å². The van der Waals surface area contributed by atoms with Crippen molar-refractivity contribution in [1.29, 1.82) is 5.26 Å². The molecule has 0 aromatic rings. The van der Waals surface area contributed by atoms with Gasteiger partial charge in [0.1, 0.15) is 0 Å².